The van der Waals surface area contributed by atoms with Gasteiger partial charge in [-0.25, -0.2) is 14.6 Å². The van der Waals surface area contributed by atoms with Gasteiger partial charge in [-0.05, 0) is 51.0 Å². The van der Waals surface area contributed by atoms with Crippen molar-refractivity contribution in [2.75, 3.05) is 26.2 Å². The lowest BCUT2D eigenvalue weighted by atomic mass is 9.85. The van der Waals surface area contributed by atoms with E-state index in [1.807, 2.05) is 6.20 Å². The van der Waals surface area contributed by atoms with Crippen LogP contribution in [-0.4, -0.2) is 81.0 Å². The van der Waals surface area contributed by atoms with Gasteiger partial charge in [0, 0.05) is 36.8 Å². The molecule has 1 spiro atoms. The van der Waals surface area contributed by atoms with Crippen molar-refractivity contribution in [1.82, 2.24) is 14.8 Å². The highest BCUT2D eigenvalue weighted by molar-refractivity contribution is 7.09. The molecule has 14 heteroatoms. The third-order valence-corrected chi connectivity index (χ3v) is 6.79. The van der Waals surface area contributed by atoms with Gasteiger partial charge in [-0.1, -0.05) is 0 Å². The van der Waals surface area contributed by atoms with E-state index >= 15 is 0 Å². The van der Waals surface area contributed by atoms with Crippen LogP contribution >= 0.6 is 11.3 Å². The monoisotopic (exact) mass is 519 g/mol. The van der Waals surface area contributed by atoms with Gasteiger partial charge in [0.2, 0.25) is 0 Å². The molecule has 0 radical (unpaired) electrons. The van der Waals surface area contributed by atoms with E-state index in [0.29, 0.717) is 5.54 Å². The van der Waals surface area contributed by atoms with Crippen molar-refractivity contribution >= 4 is 23.3 Å². The van der Waals surface area contributed by atoms with Crippen LogP contribution in [-0.2, 0) is 16.1 Å². The van der Waals surface area contributed by atoms with Gasteiger partial charge in [0.25, 0.3) is 0 Å². The predicted octanol–water partition coefficient (Wildman–Crippen LogP) is 4.25. The maximum absolute atomic E-state index is 10.6. The van der Waals surface area contributed by atoms with E-state index in [2.05, 4.69) is 20.2 Å². The molecule has 1 saturated carbocycles. The van der Waals surface area contributed by atoms with Gasteiger partial charge in [0.1, 0.15) is 5.01 Å². The van der Waals surface area contributed by atoms with Crippen molar-refractivity contribution in [3.05, 3.63) is 16.6 Å². The maximum atomic E-state index is 10.6. The highest BCUT2D eigenvalue weighted by Gasteiger charge is 2.44. The standard InChI is InChI=1S/C16H25N3S.2C2HF3O2/c1-4-16(19(8-1)12-14-2-3-14)5-9-18(10-6-16)13-15-17-7-11-20-15;2*3-2(4,5)1(6)7/h7,11,14H,1-6,8-10,12-13H2;2*(H,6,7). The number of hydrogen-bond acceptors (Lipinski definition) is 6. The molecule has 3 fully saturated rings. The molecule has 3 heterocycles. The van der Waals surface area contributed by atoms with Crippen LogP contribution in [0.4, 0.5) is 26.3 Å². The summed E-state index contributed by atoms with van der Waals surface area (Å²) in [5, 5.41) is 17.6. The Morgan fingerprint density at radius 2 is 1.53 bits per heavy atom. The van der Waals surface area contributed by atoms with Crippen LogP contribution in [0.25, 0.3) is 0 Å². The topological polar surface area (TPSA) is 94.0 Å². The van der Waals surface area contributed by atoms with Crippen molar-refractivity contribution < 1.29 is 46.1 Å². The van der Waals surface area contributed by atoms with Crippen LogP contribution in [0.1, 0.15) is 43.5 Å². The summed E-state index contributed by atoms with van der Waals surface area (Å²) in [5.74, 6) is -4.47. The summed E-state index contributed by atoms with van der Waals surface area (Å²) in [6.45, 7) is 6.35. The van der Waals surface area contributed by atoms with E-state index in [4.69, 9.17) is 19.8 Å². The van der Waals surface area contributed by atoms with E-state index < -0.39 is 24.3 Å². The third-order valence-electron chi connectivity index (χ3n) is 6.03. The number of hydrogen-bond donors (Lipinski definition) is 2. The zero-order valence-corrected chi connectivity index (χ0v) is 19.1. The molecule has 2 aliphatic heterocycles. The number of aromatic nitrogens is 1. The first-order chi connectivity index (χ1) is 15.7. The van der Waals surface area contributed by atoms with Gasteiger partial charge in [0.15, 0.2) is 0 Å². The van der Waals surface area contributed by atoms with Gasteiger partial charge in [-0.2, -0.15) is 26.3 Å². The predicted molar refractivity (Wildman–Crippen MR) is 110 cm³/mol. The molecule has 7 nitrogen and oxygen atoms in total. The molecule has 194 valence electrons. The van der Waals surface area contributed by atoms with Crippen molar-refractivity contribution in [2.45, 2.75) is 63.0 Å². The molecule has 1 aliphatic carbocycles. The Morgan fingerprint density at radius 3 is 1.94 bits per heavy atom. The molecule has 0 aromatic carbocycles. The smallest absolute Gasteiger partial charge is 0.475 e. The minimum Gasteiger partial charge on any atom is -0.475 e. The molecule has 34 heavy (non-hydrogen) atoms. The quantitative estimate of drug-likeness (QED) is 0.575. The van der Waals surface area contributed by atoms with Gasteiger partial charge in [0.05, 0.1) is 6.54 Å². The Kier molecular flexibility index (Phi) is 9.71. The number of thiazole rings is 1. The molecule has 0 bridgehead atoms. The normalized spacial score (nSPS) is 20.8. The highest BCUT2D eigenvalue weighted by atomic mass is 32.1. The Bertz CT molecular complexity index is 767. The van der Waals surface area contributed by atoms with Gasteiger partial charge >= 0.3 is 24.3 Å². The van der Waals surface area contributed by atoms with Gasteiger partial charge in [-0.3, -0.25) is 9.80 Å². The summed E-state index contributed by atoms with van der Waals surface area (Å²) in [6, 6.07) is 0. The number of nitrogens with zero attached hydrogens (tertiary/aromatic N) is 3. The second-order valence-electron chi connectivity index (χ2n) is 8.53. The fourth-order valence-electron chi connectivity index (χ4n) is 4.11. The first-order valence-corrected chi connectivity index (χ1v) is 11.6. The third kappa shape index (κ3) is 9.02. The lowest BCUT2D eigenvalue weighted by Gasteiger charge is -2.45. The van der Waals surface area contributed by atoms with Crippen LogP contribution in [0.2, 0.25) is 0 Å². The molecule has 4 rings (SSSR count). The maximum Gasteiger partial charge on any atom is 0.490 e. The highest BCUT2D eigenvalue weighted by Crippen LogP contribution is 2.42. The molecule has 2 saturated heterocycles. The van der Waals surface area contributed by atoms with Crippen molar-refractivity contribution in [1.29, 1.82) is 0 Å². The molecular weight excluding hydrogens is 492 g/mol. The fourth-order valence-corrected chi connectivity index (χ4v) is 4.76. The molecule has 0 amide bonds. The van der Waals surface area contributed by atoms with Gasteiger partial charge < -0.3 is 10.2 Å². The Hall–Kier alpha value is -1.93. The zero-order chi connectivity index (χ0) is 25.6. The number of carboxylic acid groups (broad SMARTS) is 2. The molecule has 1 aromatic heterocycles. The number of rotatable bonds is 4. The molecule has 0 atom stereocenters. The average molecular weight is 520 g/mol. The van der Waals surface area contributed by atoms with E-state index in [-0.39, 0.29) is 0 Å². The van der Waals surface area contributed by atoms with E-state index in [9.17, 15) is 26.3 Å². The lowest BCUT2D eigenvalue weighted by molar-refractivity contribution is -0.193. The SMILES string of the molecule is O=C(O)C(F)(F)F.O=C(O)C(F)(F)F.c1csc(CN2CCC3(CCCN3CC3CC3)CC2)n1. The second-order valence-corrected chi connectivity index (χ2v) is 9.50. The van der Waals surface area contributed by atoms with Crippen LogP contribution in [0.15, 0.2) is 11.6 Å². The van der Waals surface area contributed by atoms with Crippen LogP contribution < -0.4 is 0 Å². The molecule has 0 unspecified atom stereocenters. The number of carboxylic acids is 2. The molecule has 1 aromatic rings. The van der Waals surface area contributed by atoms with E-state index in [0.717, 1.165) is 12.5 Å². The first kappa shape index (κ1) is 28.3. The summed E-state index contributed by atoms with van der Waals surface area (Å²) < 4.78 is 63.5. The fraction of sp³-hybridized carbons (Fsp3) is 0.750. The van der Waals surface area contributed by atoms with E-state index in [1.165, 1.54) is 69.7 Å². The molecule has 2 N–H and O–H groups in total. The second kappa shape index (κ2) is 11.7. The summed E-state index contributed by atoms with van der Waals surface area (Å²) >= 11 is 1.79. The molecule has 3 aliphatic rings. The van der Waals surface area contributed by atoms with Crippen LogP contribution in [0.5, 0.6) is 0 Å². The number of likely N-dealkylation sites (tertiary alicyclic amines) is 2. The Balaban J connectivity index is 0.000000244. The first-order valence-electron chi connectivity index (χ1n) is 10.7. The zero-order valence-electron chi connectivity index (χ0n) is 18.2. The Morgan fingerprint density at radius 1 is 1.00 bits per heavy atom. The van der Waals surface area contributed by atoms with Crippen molar-refractivity contribution in [2.24, 2.45) is 5.92 Å². The molecular formula is C20H27F6N3O4S. The Labute approximate surface area is 196 Å². The number of piperidine rings is 1. The van der Waals surface area contributed by atoms with Crippen LogP contribution in [0, 0.1) is 5.92 Å². The van der Waals surface area contributed by atoms with Crippen LogP contribution in [0.3, 0.4) is 0 Å². The number of carbonyl (C=O) groups is 2. The minimum absolute atomic E-state index is 0.571. The summed E-state index contributed by atoms with van der Waals surface area (Å²) in [4.78, 5) is 27.7. The minimum atomic E-state index is -5.08. The number of alkyl halides is 6. The average Bonchev–Trinajstić information content (AvgIpc) is 3.25. The summed E-state index contributed by atoms with van der Waals surface area (Å²) in [5.41, 5.74) is 0.571. The van der Waals surface area contributed by atoms with E-state index in [1.54, 1.807) is 11.3 Å². The number of halogens is 6. The van der Waals surface area contributed by atoms with Gasteiger partial charge in [-0.15, -0.1) is 11.3 Å². The van der Waals surface area contributed by atoms with Crippen molar-refractivity contribution in [3.8, 4) is 0 Å². The van der Waals surface area contributed by atoms with Crippen molar-refractivity contribution in [3.63, 3.8) is 0 Å². The summed E-state index contributed by atoms with van der Waals surface area (Å²) in [6.07, 6.45) is 0.380. The largest absolute Gasteiger partial charge is 0.490 e. The lowest BCUT2D eigenvalue weighted by Crippen LogP contribution is -2.52. The number of aliphatic carboxylic acids is 2. The summed E-state index contributed by atoms with van der Waals surface area (Å²) in [7, 11) is 0.